The van der Waals surface area contributed by atoms with Crippen molar-refractivity contribution < 1.29 is 9.21 Å². The largest absolute Gasteiger partial charge is 0.442 e. The molecule has 1 fully saturated rings. The van der Waals surface area contributed by atoms with E-state index in [1.807, 2.05) is 35.7 Å². The van der Waals surface area contributed by atoms with E-state index in [4.69, 9.17) is 4.42 Å². The van der Waals surface area contributed by atoms with Gasteiger partial charge < -0.3 is 9.73 Å². The molecule has 4 nitrogen and oxygen atoms in total. The summed E-state index contributed by atoms with van der Waals surface area (Å²) in [6, 6.07) is 14.0. The highest BCUT2D eigenvalue weighted by molar-refractivity contribution is 7.13. The molecule has 2 heterocycles. The van der Waals surface area contributed by atoms with Gasteiger partial charge in [0.2, 0.25) is 0 Å². The van der Waals surface area contributed by atoms with Crippen molar-refractivity contribution in [3.63, 3.8) is 0 Å². The smallest absolute Gasteiger partial charge is 0.274 e. The maximum absolute atomic E-state index is 12.8. The second kappa shape index (κ2) is 6.24. The van der Waals surface area contributed by atoms with Crippen LogP contribution in [0.15, 0.2) is 58.7 Å². The maximum atomic E-state index is 12.8. The Kier molecular flexibility index (Phi) is 3.94. The molecular formula is C19H18N2O2S. The van der Waals surface area contributed by atoms with Crippen molar-refractivity contribution in [2.45, 2.75) is 19.4 Å². The third-order valence-electron chi connectivity index (χ3n) is 4.57. The van der Waals surface area contributed by atoms with E-state index in [2.05, 4.69) is 29.4 Å². The lowest BCUT2D eigenvalue weighted by Crippen LogP contribution is -2.30. The van der Waals surface area contributed by atoms with Crippen LogP contribution in [0, 0.1) is 11.8 Å². The Morgan fingerprint density at radius 3 is 2.75 bits per heavy atom. The van der Waals surface area contributed by atoms with Crippen molar-refractivity contribution >= 4 is 17.2 Å². The van der Waals surface area contributed by atoms with Gasteiger partial charge in [-0.2, -0.15) is 0 Å². The van der Waals surface area contributed by atoms with Crippen LogP contribution in [0.3, 0.4) is 0 Å². The standard InChI is InChI=1S/C19H18N2O2S/c1-12-10-14(12)16(13-6-3-2-4-7-13)21-19(22)17-18(23-11-20-17)15-8-5-9-24-15/h2-9,11-12,14,16H,10H2,1H3,(H,21,22). The quantitative estimate of drug-likeness (QED) is 0.743. The van der Waals surface area contributed by atoms with Gasteiger partial charge in [0.1, 0.15) is 0 Å². The number of carbonyl (C=O) groups is 1. The molecule has 0 spiro atoms. The third-order valence-corrected chi connectivity index (χ3v) is 5.44. The lowest BCUT2D eigenvalue weighted by Gasteiger charge is -2.19. The van der Waals surface area contributed by atoms with Crippen molar-refractivity contribution in [3.05, 3.63) is 65.5 Å². The van der Waals surface area contributed by atoms with E-state index in [9.17, 15) is 4.79 Å². The Balaban J connectivity index is 1.60. The van der Waals surface area contributed by atoms with Crippen LogP contribution < -0.4 is 5.32 Å². The summed E-state index contributed by atoms with van der Waals surface area (Å²) in [5.74, 6) is 1.47. The van der Waals surface area contributed by atoms with E-state index in [0.29, 0.717) is 23.3 Å². The average molecular weight is 338 g/mol. The molecule has 0 bridgehead atoms. The fraction of sp³-hybridized carbons (Fsp3) is 0.263. The number of hydrogen-bond acceptors (Lipinski definition) is 4. The maximum Gasteiger partial charge on any atom is 0.274 e. The number of thiophene rings is 1. The van der Waals surface area contributed by atoms with Gasteiger partial charge in [0.25, 0.3) is 5.91 Å². The second-order valence-electron chi connectivity index (χ2n) is 6.25. The zero-order valence-corrected chi connectivity index (χ0v) is 14.1. The molecule has 1 aromatic carbocycles. The first-order valence-corrected chi connectivity index (χ1v) is 8.95. The number of carbonyl (C=O) groups excluding carboxylic acids is 1. The van der Waals surface area contributed by atoms with Crippen LogP contribution in [-0.2, 0) is 0 Å². The Morgan fingerprint density at radius 2 is 2.08 bits per heavy atom. The fourth-order valence-corrected chi connectivity index (χ4v) is 3.83. The molecule has 4 rings (SSSR count). The van der Waals surface area contributed by atoms with Gasteiger partial charge in [0, 0.05) is 0 Å². The highest BCUT2D eigenvalue weighted by Gasteiger charge is 2.41. The van der Waals surface area contributed by atoms with Crippen LogP contribution >= 0.6 is 11.3 Å². The molecular weight excluding hydrogens is 320 g/mol. The van der Waals surface area contributed by atoms with Gasteiger partial charge in [-0.25, -0.2) is 4.98 Å². The summed E-state index contributed by atoms with van der Waals surface area (Å²) >= 11 is 1.53. The zero-order chi connectivity index (χ0) is 16.5. The number of oxazole rings is 1. The first kappa shape index (κ1) is 15.1. The zero-order valence-electron chi connectivity index (χ0n) is 13.3. The number of hydrogen-bond donors (Lipinski definition) is 1. The summed E-state index contributed by atoms with van der Waals surface area (Å²) in [5.41, 5.74) is 1.49. The first-order valence-electron chi connectivity index (χ1n) is 8.07. The predicted molar refractivity (Wildman–Crippen MR) is 93.7 cm³/mol. The molecule has 0 radical (unpaired) electrons. The lowest BCUT2D eigenvalue weighted by molar-refractivity contribution is 0.0926. The van der Waals surface area contributed by atoms with Gasteiger partial charge in [-0.05, 0) is 35.3 Å². The predicted octanol–water partition coefficient (Wildman–Crippen LogP) is 4.53. The number of rotatable bonds is 5. The van der Waals surface area contributed by atoms with Gasteiger partial charge in [-0.15, -0.1) is 11.3 Å². The minimum Gasteiger partial charge on any atom is -0.442 e. The normalized spacial score (nSPS) is 20.5. The number of aromatic nitrogens is 1. The van der Waals surface area contributed by atoms with E-state index in [0.717, 1.165) is 16.9 Å². The Hall–Kier alpha value is -2.40. The van der Waals surface area contributed by atoms with E-state index in [1.165, 1.54) is 17.7 Å². The first-order chi connectivity index (χ1) is 11.7. The molecule has 3 atom stereocenters. The number of nitrogens with one attached hydrogen (secondary N) is 1. The minimum absolute atomic E-state index is 0.0154. The Bertz CT molecular complexity index is 826. The van der Waals surface area contributed by atoms with E-state index < -0.39 is 0 Å². The second-order valence-corrected chi connectivity index (χ2v) is 7.19. The van der Waals surface area contributed by atoms with E-state index >= 15 is 0 Å². The summed E-state index contributed by atoms with van der Waals surface area (Å²) < 4.78 is 5.45. The summed E-state index contributed by atoms with van der Waals surface area (Å²) in [5, 5.41) is 5.13. The van der Waals surface area contributed by atoms with Crippen LogP contribution in [0.1, 0.15) is 35.4 Å². The average Bonchev–Trinajstić information content (AvgIpc) is 3.04. The van der Waals surface area contributed by atoms with Crippen LogP contribution in [0.25, 0.3) is 10.6 Å². The Labute approximate surface area is 144 Å². The summed E-state index contributed by atoms with van der Waals surface area (Å²) in [6.45, 7) is 2.22. The van der Waals surface area contributed by atoms with Crippen LogP contribution in [0.5, 0.6) is 0 Å². The van der Waals surface area contributed by atoms with Gasteiger partial charge in [-0.3, -0.25) is 4.79 Å². The Morgan fingerprint density at radius 1 is 1.29 bits per heavy atom. The molecule has 122 valence electrons. The van der Waals surface area contributed by atoms with Gasteiger partial charge in [0.05, 0.1) is 10.9 Å². The molecule has 1 aliphatic rings. The van der Waals surface area contributed by atoms with Crippen LogP contribution in [-0.4, -0.2) is 10.9 Å². The molecule has 24 heavy (non-hydrogen) atoms. The highest BCUT2D eigenvalue weighted by Crippen LogP contribution is 2.47. The molecule has 3 unspecified atom stereocenters. The fourth-order valence-electron chi connectivity index (χ4n) is 3.11. The lowest BCUT2D eigenvalue weighted by atomic mass is 10.0. The van der Waals surface area contributed by atoms with E-state index in [-0.39, 0.29) is 11.9 Å². The summed E-state index contributed by atoms with van der Waals surface area (Å²) in [4.78, 5) is 17.9. The number of amides is 1. The molecule has 1 N–H and O–H groups in total. The summed E-state index contributed by atoms with van der Waals surface area (Å²) in [6.07, 6.45) is 2.47. The van der Waals surface area contributed by atoms with Crippen molar-refractivity contribution in [3.8, 4) is 10.6 Å². The molecule has 5 heteroatoms. The van der Waals surface area contributed by atoms with Gasteiger partial charge in [-0.1, -0.05) is 43.3 Å². The molecule has 0 saturated heterocycles. The van der Waals surface area contributed by atoms with Crippen LogP contribution in [0.2, 0.25) is 0 Å². The topological polar surface area (TPSA) is 55.1 Å². The molecule has 1 saturated carbocycles. The number of nitrogens with zero attached hydrogens (tertiary/aromatic N) is 1. The molecule has 0 aliphatic heterocycles. The van der Waals surface area contributed by atoms with Crippen LogP contribution in [0.4, 0.5) is 0 Å². The SMILES string of the molecule is CC1CC1C(NC(=O)c1ncoc1-c1cccs1)c1ccccc1. The highest BCUT2D eigenvalue weighted by atomic mass is 32.1. The molecule has 2 aromatic heterocycles. The molecule has 3 aromatic rings. The van der Waals surface area contributed by atoms with E-state index in [1.54, 1.807) is 0 Å². The molecule has 1 amide bonds. The monoisotopic (exact) mass is 338 g/mol. The van der Waals surface area contributed by atoms with Gasteiger partial charge >= 0.3 is 0 Å². The van der Waals surface area contributed by atoms with Crippen molar-refractivity contribution in [2.75, 3.05) is 0 Å². The van der Waals surface area contributed by atoms with Crippen molar-refractivity contribution in [1.82, 2.24) is 10.3 Å². The van der Waals surface area contributed by atoms with Crippen molar-refractivity contribution in [1.29, 1.82) is 0 Å². The van der Waals surface area contributed by atoms with Crippen molar-refractivity contribution in [2.24, 2.45) is 11.8 Å². The van der Waals surface area contributed by atoms with Gasteiger partial charge in [0.15, 0.2) is 17.8 Å². The summed E-state index contributed by atoms with van der Waals surface area (Å²) in [7, 11) is 0. The number of benzene rings is 1. The molecule has 1 aliphatic carbocycles. The third kappa shape index (κ3) is 2.87. The minimum atomic E-state index is -0.180.